The summed E-state index contributed by atoms with van der Waals surface area (Å²) in [5.41, 5.74) is 1.74. The number of aryl methyl sites for hydroxylation is 2. The van der Waals surface area contributed by atoms with Crippen LogP contribution in [0.2, 0.25) is 0 Å². The SMILES string of the molecule is CNC[C@H]1Oc2c(NC(=O)Nc3c(C)noc3C)cccc2C(=O)N([C@@H](C)CO)C[C@H]1C. The number of rotatable bonds is 6. The van der Waals surface area contributed by atoms with E-state index in [0.717, 1.165) is 0 Å². The van der Waals surface area contributed by atoms with E-state index in [1.54, 1.807) is 43.9 Å². The van der Waals surface area contributed by atoms with E-state index in [1.165, 1.54) is 0 Å². The molecule has 10 nitrogen and oxygen atoms in total. The number of nitrogens with one attached hydrogen (secondary N) is 3. The molecule has 1 aliphatic rings. The summed E-state index contributed by atoms with van der Waals surface area (Å²) in [4.78, 5) is 27.7. The Morgan fingerprint density at radius 3 is 2.72 bits per heavy atom. The van der Waals surface area contributed by atoms with Crippen molar-refractivity contribution in [3.8, 4) is 5.75 Å². The Morgan fingerprint density at radius 1 is 1.34 bits per heavy atom. The number of amides is 3. The second kappa shape index (κ2) is 10.0. The van der Waals surface area contributed by atoms with Gasteiger partial charge in [0.15, 0.2) is 11.5 Å². The molecule has 0 fully saturated rings. The van der Waals surface area contributed by atoms with Crippen LogP contribution in [0.25, 0.3) is 0 Å². The molecule has 3 atom stereocenters. The zero-order chi connectivity index (χ0) is 23.4. The third-order valence-corrected chi connectivity index (χ3v) is 5.62. The molecule has 4 N–H and O–H groups in total. The molecule has 3 amide bonds. The number of carbonyl (C=O) groups is 2. The van der Waals surface area contributed by atoms with Crippen LogP contribution in [-0.2, 0) is 0 Å². The van der Waals surface area contributed by atoms with Crippen LogP contribution >= 0.6 is 0 Å². The van der Waals surface area contributed by atoms with Crippen molar-refractivity contribution in [3.63, 3.8) is 0 Å². The normalized spacial score (nSPS) is 19.4. The van der Waals surface area contributed by atoms with Gasteiger partial charge >= 0.3 is 6.03 Å². The molecule has 0 unspecified atom stereocenters. The van der Waals surface area contributed by atoms with Crippen LogP contribution in [-0.4, -0.2) is 66.0 Å². The summed E-state index contributed by atoms with van der Waals surface area (Å²) in [6.07, 6.45) is -0.256. The third-order valence-electron chi connectivity index (χ3n) is 5.62. The quantitative estimate of drug-likeness (QED) is 0.537. The van der Waals surface area contributed by atoms with Gasteiger partial charge in [-0.05, 0) is 40.0 Å². The van der Waals surface area contributed by atoms with Crippen LogP contribution in [0.3, 0.4) is 0 Å². The fourth-order valence-electron chi connectivity index (χ4n) is 3.72. The highest BCUT2D eigenvalue weighted by atomic mass is 16.5. The number of carbonyl (C=O) groups excluding carboxylic acids is 2. The van der Waals surface area contributed by atoms with E-state index in [2.05, 4.69) is 21.1 Å². The smallest absolute Gasteiger partial charge is 0.323 e. The number of benzene rings is 1. The van der Waals surface area contributed by atoms with Gasteiger partial charge in [-0.2, -0.15) is 0 Å². The molecule has 0 saturated heterocycles. The monoisotopic (exact) mass is 445 g/mol. The number of hydrogen-bond donors (Lipinski definition) is 4. The summed E-state index contributed by atoms with van der Waals surface area (Å²) in [6.45, 7) is 8.08. The Morgan fingerprint density at radius 2 is 2.09 bits per heavy atom. The van der Waals surface area contributed by atoms with Crippen LogP contribution in [0.4, 0.5) is 16.2 Å². The number of aliphatic hydroxyl groups is 1. The van der Waals surface area contributed by atoms with Crippen LogP contribution in [0, 0.1) is 19.8 Å². The van der Waals surface area contributed by atoms with Crippen LogP contribution < -0.4 is 20.7 Å². The first-order chi connectivity index (χ1) is 15.3. The van der Waals surface area contributed by atoms with E-state index in [9.17, 15) is 14.7 Å². The van der Waals surface area contributed by atoms with E-state index in [4.69, 9.17) is 9.26 Å². The number of fused-ring (bicyclic) bond motifs is 1. The number of para-hydroxylation sites is 1. The first kappa shape index (κ1) is 23.6. The summed E-state index contributed by atoms with van der Waals surface area (Å²) < 4.78 is 11.4. The number of ether oxygens (including phenoxy) is 1. The first-order valence-corrected chi connectivity index (χ1v) is 10.6. The molecule has 0 radical (unpaired) electrons. The molecule has 0 saturated carbocycles. The van der Waals surface area contributed by atoms with Crippen molar-refractivity contribution in [1.82, 2.24) is 15.4 Å². The average Bonchev–Trinajstić information content (AvgIpc) is 3.08. The molecule has 0 bridgehead atoms. The fourth-order valence-corrected chi connectivity index (χ4v) is 3.72. The second-order valence-electron chi connectivity index (χ2n) is 8.14. The van der Waals surface area contributed by atoms with Gasteiger partial charge in [0.1, 0.15) is 17.5 Å². The van der Waals surface area contributed by atoms with Crippen LogP contribution in [0.1, 0.15) is 35.7 Å². The van der Waals surface area contributed by atoms with Gasteiger partial charge in [0.2, 0.25) is 0 Å². The minimum absolute atomic E-state index is 0.0160. The van der Waals surface area contributed by atoms with Crippen LogP contribution in [0.15, 0.2) is 22.7 Å². The molecule has 3 rings (SSSR count). The Hall–Kier alpha value is -3.11. The minimum atomic E-state index is -0.510. The van der Waals surface area contributed by atoms with Crippen molar-refractivity contribution in [2.45, 2.75) is 39.8 Å². The Kier molecular flexibility index (Phi) is 7.37. The summed E-state index contributed by atoms with van der Waals surface area (Å²) >= 11 is 0. The van der Waals surface area contributed by atoms with E-state index in [1.807, 2.05) is 14.0 Å². The van der Waals surface area contributed by atoms with Gasteiger partial charge in [0.25, 0.3) is 5.91 Å². The summed E-state index contributed by atoms with van der Waals surface area (Å²) in [7, 11) is 1.83. The first-order valence-electron chi connectivity index (χ1n) is 10.6. The molecule has 0 aliphatic carbocycles. The maximum atomic E-state index is 13.4. The third kappa shape index (κ3) is 4.86. The Bertz CT molecular complexity index is 956. The van der Waals surface area contributed by atoms with Gasteiger partial charge in [-0.15, -0.1) is 0 Å². The van der Waals surface area contributed by atoms with Crippen molar-refractivity contribution in [1.29, 1.82) is 0 Å². The minimum Gasteiger partial charge on any atom is -0.486 e. The molecule has 2 heterocycles. The lowest BCUT2D eigenvalue weighted by Gasteiger charge is -2.37. The maximum absolute atomic E-state index is 13.4. The van der Waals surface area contributed by atoms with Gasteiger partial charge in [-0.25, -0.2) is 4.79 Å². The van der Waals surface area contributed by atoms with Crippen molar-refractivity contribution in [2.75, 3.05) is 37.4 Å². The number of aliphatic hydroxyl groups excluding tert-OH is 1. The molecule has 0 spiro atoms. The molecular formula is C22H31N5O5. The highest BCUT2D eigenvalue weighted by molar-refractivity contribution is 6.04. The molecule has 1 aromatic heterocycles. The van der Waals surface area contributed by atoms with Gasteiger partial charge < -0.3 is 35.2 Å². The largest absolute Gasteiger partial charge is 0.486 e. The molecule has 2 aromatic rings. The zero-order valence-corrected chi connectivity index (χ0v) is 19.1. The number of likely N-dealkylation sites (N-methyl/N-ethyl adjacent to an activating group) is 1. The predicted molar refractivity (Wildman–Crippen MR) is 120 cm³/mol. The van der Waals surface area contributed by atoms with Crippen molar-refractivity contribution in [3.05, 3.63) is 35.2 Å². The number of anilines is 2. The molecular weight excluding hydrogens is 414 g/mol. The highest BCUT2D eigenvalue weighted by Crippen LogP contribution is 2.35. The molecule has 1 aromatic carbocycles. The topological polar surface area (TPSA) is 129 Å². The van der Waals surface area contributed by atoms with Crippen LogP contribution in [0.5, 0.6) is 5.75 Å². The number of nitrogens with zero attached hydrogens (tertiary/aromatic N) is 2. The van der Waals surface area contributed by atoms with Gasteiger partial charge in [-0.1, -0.05) is 18.1 Å². The maximum Gasteiger partial charge on any atom is 0.323 e. The summed E-state index contributed by atoms with van der Waals surface area (Å²) in [5, 5.41) is 22.2. The van der Waals surface area contributed by atoms with E-state index in [0.29, 0.717) is 47.2 Å². The van der Waals surface area contributed by atoms with E-state index >= 15 is 0 Å². The van der Waals surface area contributed by atoms with Crippen molar-refractivity contribution < 1.29 is 24.0 Å². The van der Waals surface area contributed by atoms with Gasteiger partial charge in [0.05, 0.1) is 23.9 Å². The molecule has 10 heteroatoms. The highest BCUT2D eigenvalue weighted by Gasteiger charge is 2.34. The zero-order valence-electron chi connectivity index (χ0n) is 19.1. The molecule has 1 aliphatic heterocycles. The molecule has 32 heavy (non-hydrogen) atoms. The van der Waals surface area contributed by atoms with Crippen molar-refractivity contribution in [2.24, 2.45) is 5.92 Å². The Balaban J connectivity index is 1.97. The van der Waals surface area contributed by atoms with E-state index < -0.39 is 6.03 Å². The van der Waals surface area contributed by atoms with E-state index in [-0.39, 0.29) is 30.6 Å². The summed E-state index contributed by atoms with van der Waals surface area (Å²) in [5.74, 6) is 0.515. The number of aromatic nitrogens is 1. The van der Waals surface area contributed by atoms with Gasteiger partial charge in [0, 0.05) is 19.0 Å². The fraction of sp³-hybridized carbons (Fsp3) is 0.500. The number of urea groups is 1. The van der Waals surface area contributed by atoms with Crippen molar-refractivity contribution >= 4 is 23.3 Å². The Labute approximate surface area is 187 Å². The predicted octanol–water partition coefficient (Wildman–Crippen LogP) is 2.37. The lowest BCUT2D eigenvalue weighted by atomic mass is 9.99. The lowest BCUT2D eigenvalue weighted by molar-refractivity contribution is 0.0417. The molecule has 174 valence electrons. The standard InChI is InChI=1S/C22H31N5O5/c1-12-10-27(13(2)11-28)21(29)16-7-6-8-17(20(16)31-18(12)9-23-5)24-22(30)25-19-14(3)26-32-15(19)4/h6-8,12-13,18,23,28H,9-11H2,1-5H3,(H2,24,25,30)/t12-,13+,18-/m1/s1. The summed E-state index contributed by atoms with van der Waals surface area (Å²) in [6, 6.07) is 4.17. The lowest BCUT2D eigenvalue weighted by Crippen LogP contribution is -2.49. The number of hydrogen-bond acceptors (Lipinski definition) is 7. The average molecular weight is 446 g/mol. The van der Waals surface area contributed by atoms with Gasteiger partial charge in [-0.3, -0.25) is 4.79 Å². The second-order valence-corrected chi connectivity index (χ2v) is 8.14.